The number of para-hydroxylation sites is 1. The summed E-state index contributed by atoms with van der Waals surface area (Å²) in [6.45, 7) is 1.14. The Kier molecular flexibility index (Phi) is 3.67. The van der Waals surface area contributed by atoms with Gasteiger partial charge in [0.1, 0.15) is 0 Å². The highest BCUT2D eigenvalue weighted by atomic mass is 16.2. The zero-order valence-electron chi connectivity index (χ0n) is 14.6. The van der Waals surface area contributed by atoms with Crippen molar-refractivity contribution in [2.24, 2.45) is 0 Å². The van der Waals surface area contributed by atoms with Crippen LogP contribution in [0.1, 0.15) is 21.7 Å². The molecule has 0 atom stereocenters. The molecular weight excluding hydrogens is 338 g/mol. The van der Waals surface area contributed by atoms with Gasteiger partial charge >= 0.3 is 0 Å². The van der Waals surface area contributed by atoms with E-state index < -0.39 is 0 Å². The van der Waals surface area contributed by atoms with Crippen LogP contribution in [0.15, 0.2) is 60.9 Å². The van der Waals surface area contributed by atoms with Crippen LogP contribution >= 0.6 is 0 Å². The molecule has 0 spiro atoms. The molecule has 1 aromatic carbocycles. The summed E-state index contributed by atoms with van der Waals surface area (Å²) in [5, 5.41) is 8.14. The largest absolute Gasteiger partial charge is 0.332 e. The lowest BCUT2D eigenvalue weighted by Gasteiger charge is -2.15. The smallest absolute Gasteiger partial charge is 0.256 e. The van der Waals surface area contributed by atoms with Crippen molar-refractivity contribution in [3.05, 3.63) is 77.9 Å². The molecule has 3 aromatic heterocycles. The van der Waals surface area contributed by atoms with Crippen molar-refractivity contribution in [1.82, 2.24) is 25.1 Å². The first-order valence-corrected chi connectivity index (χ1v) is 8.91. The number of hydrogen-bond donors (Lipinski definition) is 1. The van der Waals surface area contributed by atoms with E-state index in [0.29, 0.717) is 25.1 Å². The first kappa shape index (κ1) is 15.7. The number of fused-ring (bicyclic) bond motifs is 2. The average molecular weight is 355 g/mol. The topological polar surface area (TPSA) is 74.8 Å². The molecule has 4 aromatic rings. The number of H-pyrrole nitrogens is 1. The molecule has 1 aliphatic heterocycles. The molecule has 1 aliphatic rings. The molecule has 0 unspecified atom stereocenters. The Hall–Kier alpha value is -3.54. The highest BCUT2D eigenvalue weighted by Crippen LogP contribution is 2.30. The van der Waals surface area contributed by atoms with Gasteiger partial charge in [0, 0.05) is 42.0 Å². The number of benzene rings is 1. The predicted molar refractivity (Wildman–Crippen MR) is 102 cm³/mol. The Morgan fingerprint density at radius 1 is 1.07 bits per heavy atom. The fraction of sp³-hybridized carbons (Fsp3) is 0.143. The molecule has 0 radical (unpaired) electrons. The highest BCUT2D eigenvalue weighted by Gasteiger charge is 2.31. The number of amides is 1. The third kappa shape index (κ3) is 2.75. The van der Waals surface area contributed by atoms with Crippen molar-refractivity contribution in [3.63, 3.8) is 0 Å². The van der Waals surface area contributed by atoms with Crippen LogP contribution in [0.2, 0.25) is 0 Å². The van der Waals surface area contributed by atoms with Gasteiger partial charge in [0.25, 0.3) is 5.91 Å². The van der Waals surface area contributed by atoms with Crippen molar-refractivity contribution in [1.29, 1.82) is 0 Å². The van der Waals surface area contributed by atoms with Gasteiger partial charge in [-0.3, -0.25) is 19.9 Å². The summed E-state index contributed by atoms with van der Waals surface area (Å²) >= 11 is 0. The van der Waals surface area contributed by atoms with Gasteiger partial charge in [0.15, 0.2) is 0 Å². The van der Waals surface area contributed by atoms with Gasteiger partial charge in [-0.15, -0.1) is 0 Å². The van der Waals surface area contributed by atoms with E-state index in [1.165, 1.54) is 0 Å². The quantitative estimate of drug-likeness (QED) is 0.610. The minimum Gasteiger partial charge on any atom is -0.332 e. The number of nitrogens with one attached hydrogen (secondary N) is 1. The fourth-order valence-corrected chi connectivity index (χ4v) is 3.58. The molecule has 1 N–H and O–H groups in total. The van der Waals surface area contributed by atoms with E-state index in [4.69, 9.17) is 4.98 Å². The molecule has 1 amide bonds. The third-order valence-corrected chi connectivity index (χ3v) is 4.94. The van der Waals surface area contributed by atoms with Crippen LogP contribution in [-0.2, 0) is 13.0 Å². The fourth-order valence-electron chi connectivity index (χ4n) is 3.58. The summed E-state index contributed by atoms with van der Waals surface area (Å²) in [4.78, 5) is 23.9. The van der Waals surface area contributed by atoms with E-state index in [2.05, 4.69) is 27.3 Å². The highest BCUT2D eigenvalue weighted by molar-refractivity contribution is 6.03. The molecule has 0 saturated carbocycles. The Balaban J connectivity index is 1.37. The van der Waals surface area contributed by atoms with Crippen LogP contribution in [0.3, 0.4) is 0 Å². The molecule has 6 nitrogen and oxygen atoms in total. The Morgan fingerprint density at radius 2 is 2.00 bits per heavy atom. The number of nitrogens with zero attached hydrogens (tertiary/aromatic N) is 4. The Morgan fingerprint density at radius 3 is 2.89 bits per heavy atom. The van der Waals surface area contributed by atoms with Crippen molar-refractivity contribution >= 4 is 16.8 Å². The van der Waals surface area contributed by atoms with Gasteiger partial charge < -0.3 is 4.90 Å². The minimum absolute atomic E-state index is 0.0110. The second kappa shape index (κ2) is 6.32. The van der Waals surface area contributed by atoms with Gasteiger partial charge in [0.05, 0.1) is 29.0 Å². The number of pyridine rings is 2. The first-order valence-electron chi connectivity index (χ1n) is 8.91. The lowest BCUT2D eigenvalue weighted by molar-refractivity contribution is 0.0780. The molecule has 5 rings (SSSR count). The van der Waals surface area contributed by atoms with Gasteiger partial charge in [0.2, 0.25) is 0 Å². The van der Waals surface area contributed by atoms with Crippen LogP contribution in [0.25, 0.3) is 22.2 Å². The van der Waals surface area contributed by atoms with E-state index in [1.54, 1.807) is 12.4 Å². The van der Waals surface area contributed by atoms with Gasteiger partial charge in [-0.25, -0.2) is 0 Å². The summed E-state index contributed by atoms with van der Waals surface area (Å²) in [7, 11) is 0. The second-order valence-corrected chi connectivity index (χ2v) is 6.61. The zero-order valence-corrected chi connectivity index (χ0v) is 14.6. The summed E-state index contributed by atoms with van der Waals surface area (Å²) in [5.74, 6) is 0.0110. The summed E-state index contributed by atoms with van der Waals surface area (Å²) in [6, 6.07) is 15.9. The normalized spacial score (nSPS) is 13.3. The maximum Gasteiger partial charge on any atom is 0.256 e. The summed E-state index contributed by atoms with van der Waals surface area (Å²) in [5.41, 5.74) is 5.03. The van der Waals surface area contributed by atoms with Crippen LogP contribution in [0.5, 0.6) is 0 Å². The van der Waals surface area contributed by atoms with E-state index in [9.17, 15) is 4.79 Å². The average Bonchev–Trinajstić information content (AvgIpc) is 3.35. The van der Waals surface area contributed by atoms with E-state index in [-0.39, 0.29) is 5.91 Å². The lowest BCUT2D eigenvalue weighted by Crippen LogP contribution is -2.26. The first-order chi connectivity index (χ1) is 13.3. The van der Waals surface area contributed by atoms with Crippen LogP contribution in [-0.4, -0.2) is 37.5 Å². The van der Waals surface area contributed by atoms with Crippen LogP contribution in [0, 0.1) is 0 Å². The molecule has 0 saturated heterocycles. The molecule has 0 aliphatic carbocycles. The Bertz CT molecular complexity index is 1140. The number of aromatic nitrogens is 4. The monoisotopic (exact) mass is 355 g/mol. The Labute approximate surface area is 155 Å². The van der Waals surface area contributed by atoms with Crippen LogP contribution in [0.4, 0.5) is 0 Å². The number of hydrogen-bond acceptors (Lipinski definition) is 4. The van der Waals surface area contributed by atoms with Crippen molar-refractivity contribution in [2.45, 2.75) is 13.0 Å². The SMILES string of the molecule is O=C1c2c(-c3cc[nH]n3)ccnc2CN1CCc1ccc2ccccc2n1. The van der Waals surface area contributed by atoms with Gasteiger partial charge in [-0.05, 0) is 24.3 Å². The summed E-state index contributed by atoms with van der Waals surface area (Å²) in [6.07, 6.45) is 4.21. The lowest BCUT2D eigenvalue weighted by atomic mass is 10.1. The maximum atomic E-state index is 13.0. The molecular formula is C21H17N5O. The van der Waals surface area contributed by atoms with Crippen molar-refractivity contribution < 1.29 is 4.79 Å². The minimum atomic E-state index is 0.0110. The molecule has 4 heterocycles. The second-order valence-electron chi connectivity index (χ2n) is 6.61. The maximum absolute atomic E-state index is 13.0. The molecule has 0 bridgehead atoms. The third-order valence-electron chi connectivity index (χ3n) is 4.94. The van der Waals surface area contributed by atoms with E-state index in [1.807, 2.05) is 41.3 Å². The zero-order chi connectivity index (χ0) is 18.2. The summed E-state index contributed by atoms with van der Waals surface area (Å²) < 4.78 is 0. The van der Waals surface area contributed by atoms with Gasteiger partial charge in [-0.1, -0.05) is 24.3 Å². The number of aromatic amines is 1. The number of rotatable bonds is 4. The molecule has 6 heteroatoms. The standard InChI is InChI=1S/C21H17N5O/c27-21-20-16(18-8-11-23-25-18)7-10-22-19(20)13-26(21)12-9-15-6-5-14-3-1-2-4-17(14)24-15/h1-8,10-11H,9,12-13H2,(H,23,25). The molecule has 132 valence electrons. The molecule has 27 heavy (non-hydrogen) atoms. The van der Waals surface area contributed by atoms with Crippen LogP contribution < -0.4 is 0 Å². The van der Waals surface area contributed by atoms with E-state index in [0.717, 1.165) is 33.5 Å². The number of carbonyl (C=O) groups excluding carboxylic acids is 1. The van der Waals surface area contributed by atoms with E-state index >= 15 is 0 Å². The van der Waals surface area contributed by atoms with Gasteiger partial charge in [-0.2, -0.15) is 5.10 Å². The molecule has 0 fully saturated rings. The predicted octanol–water partition coefficient (Wildman–Crippen LogP) is 3.22. The van der Waals surface area contributed by atoms with Crippen molar-refractivity contribution in [2.75, 3.05) is 6.54 Å². The number of carbonyl (C=O) groups is 1. The van der Waals surface area contributed by atoms with Crippen molar-refractivity contribution in [3.8, 4) is 11.3 Å².